The zero-order valence-electron chi connectivity index (χ0n) is 16.7. The van der Waals surface area contributed by atoms with Crippen molar-refractivity contribution in [2.75, 3.05) is 40.5 Å². The molecule has 0 unspecified atom stereocenters. The molecule has 2 aromatic carbocycles. The molecule has 8 nitrogen and oxygen atoms in total. The summed E-state index contributed by atoms with van der Waals surface area (Å²) in [4.78, 5) is 12.2. The van der Waals surface area contributed by atoms with Crippen LogP contribution in [0.15, 0.2) is 53.4 Å². The van der Waals surface area contributed by atoms with E-state index in [-0.39, 0.29) is 23.7 Å². The van der Waals surface area contributed by atoms with Gasteiger partial charge in [-0.15, -0.1) is 0 Å². The van der Waals surface area contributed by atoms with Crippen molar-refractivity contribution in [3.05, 3.63) is 54.1 Å². The average molecular weight is 433 g/mol. The highest BCUT2D eigenvalue weighted by atomic mass is 32.2. The van der Waals surface area contributed by atoms with Gasteiger partial charge in [0.15, 0.2) is 11.5 Å². The Morgan fingerprint density at radius 2 is 1.67 bits per heavy atom. The highest BCUT2D eigenvalue weighted by Gasteiger charge is 2.29. The lowest BCUT2D eigenvalue weighted by Crippen LogP contribution is -2.40. The Kier molecular flexibility index (Phi) is 7.09. The molecule has 0 amide bonds. The van der Waals surface area contributed by atoms with Crippen molar-refractivity contribution in [3.63, 3.8) is 0 Å². The van der Waals surface area contributed by atoms with E-state index in [0.29, 0.717) is 30.3 Å². The molecular weight excluding hydrogens is 410 g/mol. The molecule has 2 aromatic rings. The lowest BCUT2D eigenvalue weighted by atomic mass is 10.2. The fraction of sp³-hybridized carbons (Fsp3) is 0.286. The van der Waals surface area contributed by atoms with Crippen LogP contribution in [-0.4, -0.2) is 59.2 Å². The highest BCUT2D eigenvalue weighted by Crippen LogP contribution is 2.29. The normalized spacial score (nSPS) is 15.1. The molecule has 3 rings (SSSR count). The summed E-state index contributed by atoms with van der Waals surface area (Å²) in [6.07, 6.45) is 2.70. The maximum atomic E-state index is 13.0. The van der Waals surface area contributed by atoms with Gasteiger partial charge in [-0.3, -0.25) is 0 Å². The van der Waals surface area contributed by atoms with E-state index in [1.165, 1.54) is 36.7 Å². The van der Waals surface area contributed by atoms with E-state index in [2.05, 4.69) is 0 Å². The zero-order valence-corrected chi connectivity index (χ0v) is 17.6. The van der Waals surface area contributed by atoms with Crippen LogP contribution in [-0.2, 0) is 19.6 Å². The zero-order chi connectivity index (χ0) is 21.6. The van der Waals surface area contributed by atoms with E-state index in [1.807, 2.05) is 0 Å². The molecule has 0 N–H and O–H groups in total. The van der Waals surface area contributed by atoms with Crippen LogP contribution in [0, 0.1) is 0 Å². The lowest BCUT2D eigenvalue weighted by Gasteiger charge is -2.26. The van der Waals surface area contributed by atoms with E-state index >= 15 is 0 Å². The number of para-hydroxylation sites is 2. The van der Waals surface area contributed by atoms with Crippen LogP contribution in [0.25, 0.3) is 6.08 Å². The largest absolute Gasteiger partial charge is 0.495 e. The minimum absolute atomic E-state index is 0.0344. The number of hydrogen-bond donors (Lipinski definition) is 0. The molecular formula is C21H23NO7S. The number of nitrogens with zero attached hydrogens (tertiary/aromatic N) is 1. The summed E-state index contributed by atoms with van der Waals surface area (Å²) in [5, 5.41) is 0. The molecule has 0 aromatic heterocycles. The highest BCUT2D eigenvalue weighted by molar-refractivity contribution is 7.89. The lowest BCUT2D eigenvalue weighted by molar-refractivity contribution is -0.129. The van der Waals surface area contributed by atoms with Crippen molar-refractivity contribution in [3.8, 4) is 17.2 Å². The molecule has 30 heavy (non-hydrogen) atoms. The Morgan fingerprint density at radius 3 is 2.33 bits per heavy atom. The molecule has 1 fully saturated rings. The van der Waals surface area contributed by atoms with E-state index in [9.17, 15) is 13.2 Å². The first-order valence-corrected chi connectivity index (χ1v) is 10.7. The van der Waals surface area contributed by atoms with Crippen LogP contribution in [0.3, 0.4) is 0 Å². The van der Waals surface area contributed by atoms with Gasteiger partial charge < -0.3 is 18.9 Å². The predicted octanol–water partition coefficient (Wildman–Crippen LogP) is 2.34. The second-order valence-electron chi connectivity index (χ2n) is 6.33. The van der Waals surface area contributed by atoms with Gasteiger partial charge in [0.2, 0.25) is 10.0 Å². The van der Waals surface area contributed by atoms with Crippen LogP contribution in [0.5, 0.6) is 17.2 Å². The molecule has 1 saturated heterocycles. The molecule has 0 bridgehead atoms. The second-order valence-corrected chi connectivity index (χ2v) is 8.24. The quantitative estimate of drug-likeness (QED) is 0.376. The van der Waals surface area contributed by atoms with Crippen LogP contribution in [0.2, 0.25) is 0 Å². The van der Waals surface area contributed by atoms with Gasteiger partial charge in [0.1, 0.15) is 10.6 Å². The molecule has 0 saturated carbocycles. The summed E-state index contributed by atoms with van der Waals surface area (Å²) in [5.74, 6) is 0.339. The Morgan fingerprint density at radius 1 is 1.00 bits per heavy atom. The fourth-order valence-corrected chi connectivity index (χ4v) is 4.53. The maximum Gasteiger partial charge on any atom is 0.336 e. The van der Waals surface area contributed by atoms with E-state index < -0.39 is 16.0 Å². The summed E-state index contributed by atoms with van der Waals surface area (Å²) in [6, 6.07) is 11.5. The van der Waals surface area contributed by atoms with Gasteiger partial charge in [-0.05, 0) is 35.9 Å². The monoisotopic (exact) mass is 433 g/mol. The molecule has 1 heterocycles. The molecule has 1 aliphatic rings. The van der Waals surface area contributed by atoms with Crippen molar-refractivity contribution in [2.24, 2.45) is 0 Å². The second kappa shape index (κ2) is 9.75. The minimum Gasteiger partial charge on any atom is -0.495 e. The van der Waals surface area contributed by atoms with Gasteiger partial charge >= 0.3 is 5.97 Å². The van der Waals surface area contributed by atoms with Gasteiger partial charge in [-0.25, -0.2) is 13.2 Å². The van der Waals surface area contributed by atoms with Crippen molar-refractivity contribution in [1.82, 2.24) is 4.31 Å². The maximum absolute atomic E-state index is 13.0. The fourth-order valence-electron chi connectivity index (χ4n) is 2.93. The summed E-state index contributed by atoms with van der Waals surface area (Å²) >= 11 is 0. The van der Waals surface area contributed by atoms with Gasteiger partial charge in [0.05, 0.1) is 27.4 Å². The Labute approximate surface area is 175 Å². The molecule has 0 atom stereocenters. The number of carbonyl (C=O) groups is 1. The van der Waals surface area contributed by atoms with E-state index in [1.54, 1.807) is 36.4 Å². The topological polar surface area (TPSA) is 91.4 Å². The average Bonchev–Trinajstić information content (AvgIpc) is 2.78. The van der Waals surface area contributed by atoms with E-state index in [4.69, 9.17) is 18.9 Å². The van der Waals surface area contributed by atoms with Gasteiger partial charge in [-0.2, -0.15) is 4.31 Å². The smallest absolute Gasteiger partial charge is 0.336 e. The number of sulfonamides is 1. The van der Waals surface area contributed by atoms with Crippen molar-refractivity contribution >= 4 is 22.1 Å². The SMILES string of the molecule is COc1ccccc1OC(=O)/C=C/c1ccc(OC)c(S(=O)(=O)N2CCOCC2)c1. The Balaban J connectivity index is 1.81. The number of morpholine rings is 1. The predicted molar refractivity (Wildman–Crippen MR) is 110 cm³/mol. The van der Waals surface area contributed by atoms with Crippen LogP contribution < -0.4 is 14.2 Å². The summed E-state index contributed by atoms with van der Waals surface area (Å²) < 4.78 is 48.3. The first-order valence-electron chi connectivity index (χ1n) is 9.24. The van der Waals surface area contributed by atoms with E-state index in [0.717, 1.165) is 0 Å². The first-order chi connectivity index (χ1) is 14.5. The number of benzene rings is 2. The van der Waals surface area contributed by atoms with Gasteiger partial charge in [0, 0.05) is 19.2 Å². The summed E-state index contributed by atoms with van der Waals surface area (Å²) in [5.41, 5.74) is 0.514. The first kappa shape index (κ1) is 21.8. The summed E-state index contributed by atoms with van der Waals surface area (Å²) in [6.45, 7) is 1.24. The minimum atomic E-state index is -3.76. The third kappa shape index (κ3) is 4.99. The third-order valence-corrected chi connectivity index (χ3v) is 6.39. The standard InChI is InChI=1S/C21H23NO7S/c1-26-17-5-3-4-6-18(17)29-21(23)10-8-16-7-9-19(27-2)20(15-16)30(24,25)22-11-13-28-14-12-22/h3-10,15H,11-14H2,1-2H3/b10-8+. The molecule has 9 heteroatoms. The van der Waals surface area contributed by atoms with Gasteiger partial charge in [-0.1, -0.05) is 18.2 Å². The van der Waals surface area contributed by atoms with Crippen LogP contribution in [0.1, 0.15) is 5.56 Å². The number of methoxy groups -OCH3 is 2. The van der Waals surface area contributed by atoms with Gasteiger partial charge in [0.25, 0.3) is 0 Å². The van der Waals surface area contributed by atoms with Crippen LogP contribution >= 0.6 is 0 Å². The number of rotatable bonds is 7. The van der Waals surface area contributed by atoms with Crippen molar-refractivity contribution in [2.45, 2.75) is 4.90 Å². The number of carbonyl (C=O) groups excluding carboxylic acids is 1. The number of ether oxygens (including phenoxy) is 4. The van der Waals surface area contributed by atoms with Crippen LogP contribution in [0.4, 0.5) is 0 Å². The molecule has 0 spiro atoms. The molecule has 160 valence electrons. The van der Waals surface area contributed by atoms with Crippen molar-refractivity contribution < 1.29 is 32.2 Å². The Bertz CT molecular complexity index is 1030. The summed E-state index contributed by atoms with van der Waals surface area (Å²) in [7, 11) is -0.869. The third-order valence-electron chi connectivity index (χ3n) is 4.47. The number of hydrogen-bond acceptors (Lipinski definition) is 7. The molecule has 0 aliphatic carbocycles. The molecule has 0 radical (unpaired) electrons. The molecule has 1 aliphatic heterocycles. The van der Waals surface area contributed by atoms with Crippen molar-refractivity contribution in [1.29, 1.82) is 0 Å². The number of esters is 1. The Hall–Kier alpha value is -2.88.